The van der Waals surface area contributed by atoms with E-state index in [1.54, 1.807) is 11.8 Å². The minimum atomic E-state index is -0.188. The maximum absolute atomic E-state index is 9.63. The van der Waals surface area contributed by atoms with Crippen molar-refractivity contribution in [3.63, 3.8) is 0 Å². The standard InChI is InChI=1S/C10H23NOS2/c1-9(5-6-13-3)11(2)7-10(12)8-14-4/h9-10,12H,5-8H2,1-4H3/t9-,10+/m1/s1. The summed E-state index contributed by atoms with van der Waals surface area (Å²) in [6.45, 7) is 3.01. The Morgan fingerprint density at radius 3 is 2.43 bits per heavy atom. The first kappa shape index (κ1) is 14.6. The fourth-order valence-corrected chi connectivity index (χ4v) is 2.33. The molecule has 2 atom stereocenters. The second kappa shape index (κ2) is 8.89. The second-order valence-electron chi connectivity index (χ2n) is 3.68. The molecular weight excluding hydrogens is 214 g/mol. The van der Waals surface area contributed by atoms with E-state index in [2.05, 4.69) is 25.1 Å². The Morgan fingerprint density at radius 2 is 1.93 bits per heavy atom. The summed E-state index contributed by atoms with van der Waals surface area (Å²) in [6.07, 6.45) is 5.17. The smallest absolute Gasteiger partial charge is 0.0757 e. The zero-order valence-electron chi connectivity index (χ0n) is 9.69. The number of likely N-dealkylation sites (N-methyl/N-ethyl adjacent to an activating group) is 1. The van der Waals surface area contributed by atoms with Crippen molar-refractivity contribution in [3.05, 3.63) is 0 Å². The predicted molar refractivity (Wildman–Crippen MR) is 69.5 cm³/mol. The van der Waals surface area contributed by atoms with Gasteiger partial charge in [0.15, 0.2) is 0 Å². The lowest BCUT2D eigenvalue weighted by molar-refractivity contribution is 0.124. The van der Waals surface area contributed by atoms with Crippen LogP contribution >= 0.6 is 23.5 Å². The van der Waals surface area contributed by atoms with Crippen LogP contribution in [-0.2, 0) is 0 Å². The van der Waals surface area contributed by atoms with Gasteiger partial charge in [-0.15, -0.1) is 0 Å². The monoisotopic (exact) mass is 237 g/mol. The summed E-state index contributed by atoms with van der Waals surface area (Å²) in [5.41, 5.74) is 0. The van der Waals surface area contributed by atoms with Gasteiger partial charge in [0.25, 0.3) is 0 Å². The van der Waals surface area contributed by atoms with Crippen LogP contribution in [0.2, 0.25) is 0 Å². The lowest BCUT2D eigenvalue weighted by atomic mass is 10.2. The third-order valence-electron chi connectivity index (χ3n) is 2.35. The van der Waals surface area contributed by atoms with Crippen LogP contribution < -0.4 is 0 Å². The average molecular weight is 237 g/mol. The number of aliphatic hydroxyl groups is 1. The third-order valence-corrected chi connectivity index (χ3v) is 3.71. The SMILES string of the molecule is CSCC[C@@H](C)N(C)C[C@H](O)CSC. The van der Waals surface area contributed by atoms with E-state index >= 15 is 0 Å². The Balaban J connectivity index is 3.64. The zero-order chi connectivity index (χ0) is 11.0. The van der Waals surface area contributed by atoms with E-state index in [4.69, 9.17) is 0 Å². The van der Waals surface area contributed by atoms with Gasteiger partial charge >= 0.3 is 0 Å². The highest BCUT2D eigenvalue weighted by atomic mass is 32.2. The first-order chi connectivity index (χ1) is 6.61. The number of aliphatic hydroxyl groups excluding tert-OH is 1. The predicted octanol–water partition coefficient (Wildman–Crippen LogP) is 1.78. The quantitative estimate of drug-likeness (QED) is 0.695. The van der Waals surface area contributed by atoms with Crippen molar-refractivity contribution in [3.8, 4) is 0 Å². The molecule has 14 heavy (non-hydrogen) atoms. The van der Waals surface area contributed by atoms with E-state index in [0.717, 1.165) is 12.3 Å². The molecule has 0 amide bonds. The molecule has 0 saturated heterocycles. The lowest BCUT2D eigenvalue weighted by Crippen LogP contribution is -2.37. The van der Waals surface area contributed by atoms with E-state index in [1.165, 1.54) is 12.2 Å². The summed E-state index contributed by atoms with van der Waals surface area (Å²) < 4.78 is 0. The summed E-state index contributed by atoms with van der Waals surface area (Å²) in [5.74, 6) is 2.03. The summed E-state index contributed by atoms with van der Waals surface area (Å²) in [4.78, 5) is 2.25. The van der Waals surface area contributed by atoms with Crippen molar-refractivity contribution in [2.45, 2.75) is 25.5 Å². The molecule has 0 aromatic heterocycles. The van der Waals surface area contributed by atoms with Gasteiger partial charge in [0.1, 0.15) is 0 Å². The summed E-state index contributed by atoms with van der Waals surface area (Å²) in [6, 6.07) is 0.568. The fourth-order valence-electron chi connectivity index (χ4n) is 1.27. The normalized spacial score (nSPS) is 15.9. The highest BCUT2D eigenvalue weighted by Crippen LogP contribution is 2.07. The van der Waals surface area contributed by atoms with Gasteiger partial charge in [0.05, 0.1) is 6.10 Å². The molecule has 0 aromatic carbocycles. The topological polar surface area (TPSA) is 23.5 Å². The molecule has 0 aliphatic carbocycles. The number of hydrogen-bond donors (Lipinski definition) is 1. The molecule has 0 bridgehead atoms. The molecular formula is C10H23NOS2. The van der Waals surface area contributed by atoms with Gasteiger partial charge < -0.3 is 10.0 Å². The molecule has 0 saturated carbocycles. The van der Waals surface area contributed by atoms with Crippen LogP contribution in [0.5, 0.6) is 0 Å². The molecule has 0 aliphatic heterocycles. The van der Waals surface area contributed by atoms with E-state index in [0.29, 0.717) is 6.04 Å². The first-order valence-corrected chi connectivity index (χ1v) is 7.76. The number of thioether (sulfide) groups is 2. The Hall–Kier alpha value is 0.620. The van der Waals surface area contributed by atoms with Gasteiger partial charge in [-0.1, -0.05) is 0 Å². The minimum absolute atomic E-state index is 0.188. The summed E-state index contributed by atoms with van der Waals surface area (Å²) in [7, 11) is 2.09. The van der Waals surface area contributed by atoms with E-state index in [1.807, 2.05) is 18.0 Å². The van der Waals surface area contributed by atoms with E-state index in [9.17, 15) is 5.11 Å². The fraction of sp³-hybridized carbons (Fsp3) is 1.00. The van der Waals surface area contributed by atoms with Crippen LogP contribution in [-0.4, -0.2) is 59.8 Å². The summed E-state index contributed by atoms with van der Waals surface area (Å²) >= 11 is 3.58. The molecule has 0 radical (unpaired) electrons. The molecule has 0 aromatic rings. The van der Waals surface area contributed by atoms with Crippen LogP contribution in [0.3, 0.4) is 0 Å². The van der Waals surface area contributed by atoms with Gasteiger partial charge in [-0.05, 0) is 38.7 Å². The van der Waals surface area contributed by atoms with Gasteiger partial charge in [-0.3, -0.25) is 0 Å². The maximum Gasteiger partial charge on any atom is 0.0757 e. The molecule has 0 rings (SSSR count). The molecule has 0 spiro atoms. The third kappa shape index (κ3) is 6.98. The van der Waals surface area contributed by atoms with Crippen molar-refractivity contribution in [2.24, 2.45) is 0 Å². The Morgan fingerprint density at radius 1 is 1.29 bits per heavy atom. The van der Waals surface area contributed by atoms with Crippen LogP contribution in [0.25, 0.3) is 0 Å². The lowest BCUT2D eigenvalue weighted by Gasteiger charge is -2.26. The van der Waals surface area contributed by atoms with Crippen LogP contribution in [0.15, 0.2) is 0 Å². The zero-order valence-corrected chi connectivity index (χ0v) is 11.3. The molecule has 4 heteroatoms. The average Bonchev–Trinajstić information content (AvgIpc) is 2.14. The van der Waals surface area contributed by atoms with Crippen molar-refractivity contribution >= 4 is 23.5 Å². The first-order valence-electron chi connectivity index (χ1n) is 4.98. The Bertz CT molecular complexity index is 135. The highest BCUT2D eigenvalue weighted by molar-refractivity contribution is 7.98. The molecule has 1 N–H and O–H groups in total. The van der Waals surface area contributed by atoms with Crippen molar-refractivity contribution in [1.82, 2.24) is 4.90 Å². The molecule has 2 nitrogen and oxygen atoms in total. The van der Waals surface area contributed by atoms with E-state index in [-0.39, 0.29) is 6.10 Å². The van der Waals surface area contributed by atoms with Crippen molar-refractivity contribution in [2.75, 3.05) is 37.6 Å². The van der Waals surface area contributed by atoms with Crippen LogP contribution in [0.1, 0.15) is 13.3 Å². The molecule has 0 fully saturated rings. The van der Waals surface area contributed by atoms with Crippen LogP contribution in [0.4, 0.5) is 0 Å². The molecule has 0 aliphatic rings. The molecule has 0 heterocycles. The molecule has 0 unspecified atom stereocenters. The van der Waals surface area contributed by atoms with Gasteiger partial charge in [-0.25, -0.2) is 0 Å². The second-order valence-corrected chi connectivity index (χ2v) is 5.58. The van der Waals surface area contributed by atoms with Gasteiger partial charge in [-0.2, -0.15) is 23.5 Å². The number of hydrogen-bond acceptors (Lipinski definition) is 4. The summed E-state index contributed by atoms with van der Waals surface area (Å²) in [5, 5.41) is 9.63. The number of rotatable bonds is 8. The van der Waals surface area contributed by atoms with Crippen molar-refractivity contribution < 1.29 is 5.11 Å². The number of nitrogens with zero attached hydrogens (tertiary/aromatic N) is 1. The van der Waals surface area contributed by atoms with Gasteiger partial charge in [0.2, 0.25) is 0 Å². The van der Waals surface area contributed by atoms with Gasteiger partial charge in [0, 0.05) is 18.3 Å². The minimum Gasteiger partial charge on any atom is -0.391 e. The maximum atomic E-state index is 9.63. The van der Waals surface area contributed by atoms with Crippen molar-refractivity contribution in [1.29, 1.82) is 0 Å². The van der Waals surface area contributed by atoms with E-state index < -0.39 is 0 Å². The highest BCUT2D eigenvalue weighted by Gasteiger charge is 2.12. The largest absolute Gasteiger partial charge is 0.391 e. The van der Waals surface area contributed by atoms with Crippen LogP contribution in [0, 0.1) is 0 Å². The Kier molecular flexibility index (Phi) is 9.28. The Labute approximate surface area is 96.8 Å². The molecule has 86 valence electrons.